The Bertz CT molecular complexity index is 1170. The molecule has 0 aliphatic carbocycles. The number of ether oxygens (including phenoxy) is 1. The largest absolute Gasteiger partial charge is 0.378 e. The number of aromatic nitrogens is 5. The number of benzene rings is 1. The van der Waals surface area contributed by atoms with E-state index in [1.54, 1.807) is 48.8 Å². The third kappa shape index (κ3) is 3.37. The number of hydrogen-bond donors (Lipinski definition) is 0. The predicted octanol–water partition coefficient (Wildman–Crippen LogP) is 3.65. The number of morpholine rings is 1. The van der Waals surface area contributed by atoms with Gasteiger partial charge in [0.1, 0.15) is 11.6 Å². The molecular weight excluding hydrogens is 390 g/mol. The van der Waals surface area contributed by atoms with Crippen molar-refractivity contribution >= 4 is 16.9 Å². The monoisotopic (exact) mass is 408 g/mol. The van der Waals surface area contributed by atoms with Crippen molar-refractivity contribution in [1.29, 1.82) is 0 Å². The summed E-state index contributed by atoms with van der Waals surface area (Å²) in [4.78, 5) is 19.6. The topological polar surface area (TPSA) is 69.0 Å². The number of alkyl halides is 2. The van der Waals surface area contributed by atoms with Crippen LogP contribution in [0.1, 0.15) is 12.2 Å². The number of nitrogens with zero attached hydrogens (tertiary/aromatic N) is 6. The van der Waals surface area contributed by atoms with Gasteiger partial charge in [-0.05, 0) is 24.3 Å². The number of fused-ring (bicyclic) bond motifs is 1. The average Bonchev–Trinajstić information content (AvgIpc) is 3.20. The second-order valence-corrected chi connectivity index (χ2v) is 6.84. The standard InChI is InChI=1S/C21H18F2N6O/c22-19(23)21-25-15-5-1-2-6-16(15)29(21)18-12-17(28-8-10-30-11-9-28)26-20(27-18)14-4-3-7-24-13-14/h1-7,12-13,19H,8-11H2. The highest BCUT2D eigenvalue weighted by Gasteiger charge is 2.23. The second kappa shape index (κ2) is 7.75. The van der Waals surface area contributed by atoms with Crippen LogP contribution < -0.4 is 4.90 Å². The first-order valence-electron chi connectivity index (χ1n) is 9.59. The maximum atomic E-state index is 13.9. The lowest BCUT2D eigenvalue weighted by Crippen LogP contribution is -2.37. The molecule has 0 radical (unpaired) electrons. The molecular formula is C21H18F2N6O. The van der Waals surface area contributed by atoms with E-state index in [2.05, 4.69) is 24.8 Å². The molecule has 1 aliphatic heterocycles. The fourth-order valence-electron chi connectivity index (χ4n) is 3.55. The van der Waals surface area contributed by atoms with E-state index < -0.39 is 6.43 Å². The molecule has 3 aromatic heterocycles. The smallest absolute Gasteiger partial charge is 0.296 e. The Morgan fingerprint density at radius 3 is 2.50 bits per heavy atom. The molecule has 152 valence electrons. The van der Waals surface area contributed by atoms with Gasteiger partial charge in [-0.1, -0.05) is 12.1 Å². The summed E-state index contributed by atoms with van der Waals surface area (Å²) in [7, 11) is 0. The number of halogens is 2. The van der Waals surface area contributed by atoms with E-state index in [-0.39, 0.29) is 5.82 Å². The third-order valence-electron chi connectivity index (χ3n) is 4.96. The van der Waals surface area contributed by atoms with Gasteiger partial charge in [-0.25, -0.2) is 23.7 Å². The van der Waals surface area contributed by atoms with Gasteiger partial charge in [-0.15, -0.1) is 0 Å². The first-order valence-corrected chi connectivity index (χ1v) is 9.59. The van der Waals surface area contributed by atoms with E-state index >= 15 is 0 Å². The van der Waals surface area contributed by atoms with Crippen LogP contribution in [0.3, 0.4) is 0 Å². The summed E-state index contributed by atoms with van der Waals surface area (Å²) < 4.78 is 34.6. The molecule has 7 nitrogen and oxygen atoms in total. The SMILES string of the molecule is FC(F)c1nc2ccccc2n1-c1cc(N2CCOCC2)nc(-c2cccnc2)n1. The summed E-state index contributed by atoms with van der Waals surface area (Å²) in [6.07, 6.45) is 0.567. The van der Waals surface area contributed by atoms with Crippen LogP contribution in [0, 0.1) is 0 Å². The van der Waals surface area contributed by atoms with Crippen LogP contribution in [0.4, 0.5) is 14.6 Å². The predicted molar refractivity (Wildman–Crippen MR) is 108 cm³/mol. The van der Waals surface area contributed by atoms with E-state index in [4.69, 9.17) is 4.74 Å². The van der Waals surface area contributed by atoms with Gasteiger partial charge >= 0.3 is 0 Å². The zero-order valence-electron chi connectivity index (χ0n) is 15.9. The van der Waals surface area contributed by atoms with E-state index in [9.17, 15) is 8.78 Å². The highest BCUT2D eigenvalue weighted by Crippen LogP contribution is 2.30. The van der Waals surface area contributed by atoms with Crippen molar-refractivity contribution in [2.45, 2.75) is 6.43 Å². The van der Waals surface area contributed by atoms with Crippen LogP contribution in [0.15, 0.2) is 54.9 Å². The minimum Gasteiger partial charge on any atom is -0.378 e. The Kier molecular flexibility index (Phi) is 4.80. The lowest BCUT2D eigenvalue weighted by molar-refractivity contribution is 0.122. The molecule has 1 fully saturated rings. The third-order valence-corrected chi connectivity index (χ3v) is 4.96. The lowest BCUT2D eigenvalue weighted by atomic mass is 10.2. The van der Waals surface area contributed by atoms with Gasteiger partial charge in [0.25, 0.3) is 6.43 Å². The van der Waals surface area contributed by atoms with Gasteiger partial charge in [0.05, 0.1) is 24.2 Å². The Hall–Kier alpha value is -3.46. The summed E-state index contributed by atoms with van der Waals surface area (Å²) in [6.45, 7) is 2.49. The van der Waals surface area contributed by atoms with Gasteiger partial charge in [0.2, 0.25) is 0 Å². The minimum absolute atomic E-state index is 0.342. The molecule has 0 N–H and O–H groups in total. The van der Waals surface area contributed by atoms with Crippen LogP contribution >= 0.6 is 0 Å². The molecule has 1 aliphatic rings. The van der Waals surface area contributed by atoms with Crippen LogP contribution in [-0.4, -0.2) is 50.8 Å². The van der Waals surface area contributed by atoms with Crippen LogP contribution in [-0.2, 0) is 4.74 Å². The molecule has 0 saturated carbocycles. The molecule has 0 unspecified atom stereocenters. The molecule has 1 aromatic carbocycles. The maximum absolute atomic E-state index is 13.9. The summed E-state index contributed by atoms with van der Waals surface area (Å²) in [5.41, 5.74) is 1.76. The number of pyridine rings is 1. The van der Waals surface area contributed by atoms with E-state index in [0.717, 1.165) is 0 Å². The van der Waals surface area contributed by atoms with Gasteiger partial charge in [0, 0.05) is 37.1 Å². The molecule has 0 bridgehead atoms. The molecule has 9 heteroatoms. The van der Waals surface area contributed by atoms with Crippen LogP contribution in [0.5, 0.6) is 0 Å². The molecule has 1 saturated heterocycles. The first-order chi connectivity index (χ1) is 14.7. The van der Waals surface area contributed by atoms with Gasteiger partial charge in [-0.2, -0.15) is 0 Å². The zero-order chi connectivity index (χ0) is 20.5. The molecule has 5 rings (SSSR count). The van der Waals surface area contributed by atoms with E-state index in [1.807, 2.05) is 6.07 Å². The number of anilines is 1. The molecule has 4 heterocycles. The first kappa shape index (κ1) is 18.6. The normalized spacial score (nSPS) is 14.6. The Morgan fingerprint density at radius 2 is 1.73 bits per heavy atom. The second-order valence-electron chi connectivity index (χ2n) is 6.84. The Labute approximate surface area is 171 Å². The van der Waals surface area contributed by atoms with E-state index in [0.29, 0.717) is 60.4 Å². The van der Waals surface area contributed by atoms with Crippen molar-refractivity contribution < 1.29 is 13.5 Å². The van der Waals surface area contributed by atoms with Crippen molar-refractivity contribution in [3.63, 3.8) is 0 Å². The van der Waals surface area contributed by atoms with Gasteiger partial charge < -0.3 is 9.64 Å². The summed E-state index contributed by atoms with van der Waals surface area (Å²) in [5, 5.41) is 0. The van der Waals surface area contributed by atoms with Crippen molar-refractivity contribution in [1.82, 2.24) is 24.5 Å². The fraction of sp³-hybridized carbons (Fsp3) is 0.238. The maximum Gasteiger partial charge on any atom is 0.296 e. The number of imidazole rings is 1. The number of hydrogen-bond acceptors (Lipinski definition) is 6. The van der Waals surface area contributed by atoms with Crippen molar-refractivity contribution in [2.75, 3.05) is 31.2 Å². The Morgan fingerprint density at radius 1 is 0.933 bits per heavy atom. The molecule has 0 amide bonds. The van der Waals surface area contributed by atoms with Gasteiger partial charge in [0.15, 0.2) is 11.6 Å². The average molecular weight is 408 g/mol. The molecule has 30 heavy (non-hydrogen) atoms. The Balaban J connectivity index is 1.74. The van der Waals surface area contributed by atoms with Crippen molar-refractivity contribution in [3.05, 3.63) is 60.7 Å². The molecule has 0 spiro atoms. The summed E-state index contributed by atoms with van der Waals surface area (Å²) >= 11 is 0. The molecule has 0 atom stereocenters. The zero-order valence-corrected chi connectivity index (χ0v) is 15.9. The van der Waals surface area contributed by atoms with Crippen molar-refractivity contribution in [3.8, 4) is 17.2 Å². The molecule has 4 aromatic rings. The van der Waals surface area contributed by atoms with E-state index in [1.165, 1.54) is 4.57 Å². The number of rotatable bonds is 4. The summed E-state index contributed by atoms with van der Waals surface area (Å²) in [5.74, 6) is 1.06. The lowest BCUT2D eigenvalue weighted by Gasteiger charge is -2.28. The van der Waals surface area contributed by atoms with Crippen molar-refractivity contribution in [2.24, 2.45) is 0 Å². The summed E-state index contributed by atoms with van der Waals surface area (Å²) in [6, 6.07) is 12.4. The quantitative estimate of drug-likeness (QED) is 0.513. The van der Waals surface area contributed by atoms with Crippen LogP contribution in [0.25, 0.3) is 28.2 Å². The fourth-order valence-corrected chi connectivity index (χ4v) is 3.55. The number of para-hydroxylation sites is 2. The highest BCUT2D eigenvalue weighted by molar-refractivity contribution is 5.78. The minimum atomic E-state index is -2.75. The van der Waals surface area contributed by atoms with Gasteiger partial charge in [-0.3, -0.25) is 9.55 Å². The highest BCUT2D eigenvalue weighted by atomic mass is 19.3. The van der Waals surface area contributed by atoms with Crippen LogP contribution in [0.2, 0.25) is 0 Å².